The molecule has 6 nitrogen and oxygen atoms in total. The molecule has 2 aromatic rings. The summed E-state index contributed by atoms with van der Waals surface area (Å²) in [6.45, 7) is 0. The number of carbonyl (C=O) groups is 2. The Labute approximate surface area is 139 Å². The van der Waals surface area contributed by atoms with E-state index in [-0.39, 0.29) is 22.7 Å². The van der Waals surface area contributed by atoms with Crippen LogP contribution < -0.4 is 5.32 Å². The molecule has 0 saturated carbocycles. The smallest absolute Gasteiger partial charge is 0.269 e. The summed E-state index contributed by atoms with van der Waals surface area (Å²) in [7, 11) is 0. The minimum absolute atomic E-state index is 0.0953. The third kappa shape index (κ3) is 2.91. The predicted molar refractivity (Wildman–Crippen MR) is 88.2 cm³/mol. The first-order valence-corrected chi connectivity index (χ1v) is 7.37. The second-order valence-electron chi connectivity index (χ2n) is 4.87. The first-order valence-electron chi connectivity index (χ1n) is 6.57. The molecule has 3 rings (SSSR count). The molecule has 0 fully saturated rings. The van der Waals surface area contributed by atoms with E-state index in [1.165, 1.54) is 30.3 Å². The van der Waals surface area contributed by atoms with Crippen LogP contribution in [0.3, 0.4) is 0 Å². The fraction of sp³-hybridized carbons (Fsp3) is 0. The lowest BCUT2D eigenvalue weighted by Crippen LogP contribution is -2.06. The van der Waals surface area contributed by atoms with Crippen molar-refractivity contribution in [1.82, 2.24) is 0 Å². The maximum absolute atomic E-state index is 12.3. The Bertz CT molecular complexity index is 872. The minimum Gasteiger partial charge on any atom is -0.321 e. The van der Waals surface area contributed by atoms with Crippen LogP contribution in [0, 0.1) is 10.1 Å². The molecule has 1 amide bonds. The molecule has 1 N–H and O–H groups in total. The highest BCUT2D eigenvalue weighted by Gasteiger charge is 2.25. The van der Waals surface area contributed by atoms with Crippen LogP contribution in [0.25, 0.3) is 5.57 Å². The summed E-state index contributed by atoms with van der Waals surface area (Å²) in [5.74, 6) is -0.744. The Morgan fingerprint density at radius 1 is 1.17 bits per heavy atom. The van der Waals surface area contributed by atoms with Gasteiger partial charge in [0.15, 0.2) is 5.78 Å². The second-order valence-corrected chi connectivity index (χ2v) is 5.79. The van der Waals surface area contributed by atoms with Crippen LogP contribution in [0.4, 0.5) is 11.4 Å². The maximum Gasteiger partial charge on any atom is 0.269 e. The van der Waals surface area contributed by atoms with Gasteiger partial charge in [0.2, 0.25) is 0 Å². The molecule has 0 saturated heterocycles. The van der Waals surface area contributed by atoms with E-state index >= 15 is 0 Å². The highest BCUT2D eigenvalue weighted by atomic mass is 79.9. The SMILES string of the molecule is O=C1Nc2ccc(Br)cc2/C1=C/C(=O)c1ccc([N+](=O)[O-])cc1. The number of ketones is 1. The number of rotatable bonds is 3. The number of nitrogens with one attached hydrogen (secondary N) is 1. The van der Waals surface area contributed by atoms with Gasteiger partial charge in [0.05, 0.1) is 10.5 Å². The van der Waals surface area contributed by atoms with E-state index < -0.39 is 10.7 Å². The molecule has 1 aliphatic rings. The average Bonchev–Trinajstić information content (AvgIpc) is 2.83. The molecule has 7 heteroatoms. The number of non-ortho nitro benzene ring substituents is 1. The van der Waals surface area contributed by atoms with Gasteiger partial charge in [0, 0.05) is 33.4 Å². The van der Waals surface area contributed by atoms with E-state index in [0.29, 0.717) is 11.3 Å². The van der Waals surface area contributed by atoms with Gasteiger partial charge in [-0.05, 0) is 36.4 Å². The molecule has 0 unspecified atom stereocenters. The zero-order chi connectivity index (χ0) is 16.6. The first kappa shape index (κ1) is 15.1. The summed E-state index contributed by atoms with van der Waals surface area (Å²) in [5.41, 5.74) is 1.73. The number of nitro benzene ring substituents is 1. The molecule has 2 aromatic carbocycles. The van der Waals surface area contributed by atoms with Gasteiger partial charge in [-0.2, -0.15) is 0 Å². The molecule has 0 aliphatic carbocycles. The van der Waals surface area contributed by atoms with Crippen molar-refractivity contribution < 1.29 is 14.5 Å². The number of nitro groups is 1. The van der Waals surface area contributed by atoms with Crippen LogP contribution in [0.5, 0.6) is 0 Å². The summed E-state index contributed by atoms with van der Waals surface area (Å²) in [4.78, 5) is 34.4. The van der Waals surface area contributed by atoms with Gasteiger partial charge in [-0.3, -0.25) is 19.7 Å². The van der Waals surface area contributed by atoms with Crippen molar-refractivity contribution in [3.8, 4) is 0 Å². The highest BCUT2D eigenvalue weighted by Crippen LogP contribution is 2.34. The largest absolute Gasteiger partial charge is 0.321 e. The number of anilines is 1. The molecule has 23 heavy (non-hydrogen) atoms. The number of halogens is 1. The molecular weight excluding hydrogens is 364 g/mol. The average molecular weight is 373 g/mol. The van der Waals surface area contributed by atoms with Crippen molar-refractivity contribution in [2.24, 2.45) is 0 Å². The van der Waals surface area contributed by atoms with E-state index in [9.17, 15) is 19.7 Å². The van der Waals surface area contributed by atoms with Gasteiger partial charge in [-0.25, -0.2) is 0 Å². The van der Waals surface area contributed by atoms with Crippen molar-refractivity contribution >= 4 is 44.6 Å². The summed E-state index contributed by atoms with van der Waals surface area (Å²) >= 11 is 3.33. The number of hydrogen-bond acceptors (Lipinski definition) is 4. The van der Waals surface area contributed by atoms with Crippen molar-refractivity contribution in [3.05, 3.63) is 74.3 Å². The Morgan fingerprint density at radius 3 is 2.52 bits per heavy atom. The molecule has 114 valence electrons. The van der Waals surface area contributed by atoms with E-state index in [0.717, 1.165) is 4.47 Å². The number of hydrogen-bond donors (Lipinski definition) is 1. The van der Waals surface area contributed by atoms with Gasteiger partial charge >= 0.3 is 0 Å². The number of amides is 1. The summed E-state index contributed by atoms with van der Waals surface area (Å²) in [6.07, 6.45) is 1.24. The lowest BCUT2D eigenvalue weighted by Gasteiger charge is -2.00. The van der Waals surface area contributed by atoms with Crippen LogP contribution in [0.2, 0.25) is 0 Å². The normalized spacial score (nSPS) is 14.5. The Morgan fingerprint density at radius 2 is 1.87 bits per heavy atom. The van der Waals surface area contributed by atoms with Crippen molar-refractivity contribution in [2.45, 2.75) is 0 Å². The molecule has 0 aromatic heterocycles. The van der Waals surface area contributed by atoms with Crippen molar-refractivity contribution in [1.29, 1.82) is 0 Å². The molecule has 0 radical (unpaired) electrons. The van der Waals surface area contributed by atoms with Gasteiger partial charge in [-0.15, -0.1) is 0 Å². The van der Waals surface area contributed by atoms with Crippen LogP contribution in [0.15, 0.2) is 53.0 Å². The monoisotopic (exact) mass is 372 g/mol. The standard InChI is InChI=1S/C16H9BrN2O4/c17-10-3-6-14-12(7-10)13(16(21)18-14)8-15(20)9-1-4-11(5-2-9)19(22)23/h1-8H,(H,18,21)/b13-8-. The molecule has 1 heterocycles. The van der Waals surface area contributed by atoms with Gasteiger partial charge in [-0.1, -0.05) is 15.9 Å². The fourth-order valence-electron chi connectivity index (χ4n) is 2.27. The lowest BCUT2D eigenvalue weighted by molar-refractivity contribution is -0.384. The quantitative estimate of drug-likeness (QED) is 0.386. The fourth-order valence-corrected chi connectivity index (χ4v) is 2.63. The Balaban J connectivity index is 1.95. The van der Waals surface area contributed by atoms with Gasteiger partial charge in [0.1, 0.15) is 0 Å². The number of fused-ring (bicyclic) bond motifs is 1. The summed E-state index contributed by atoms with van der Waals surface area (Å²) in [6, 6.07) is 10.5. The third-order valence-electron chi connectivity index (χ3n) is 3.40. The molecular formula is C16H9BrN2O4. The Kier molecular flexibility index (Phi) is 3.79. The van der Waals surface area contributed by atoms with Crippen molar-refractivity contribution in [2.75, 3.05) is 5.32 Å². The Hall–Kier alpha value is -2.80. The summed E-state index contributed by atoms with van der Waals surface area (Å²) in [5, 5.41) is 13.3. The molecule has 0 bridgehead atoms. The van der Waals surface area contributed by atoms with Crippen LogP contribution in [0.1, 0.15) is 15.9 Å². The number of benzene rings is 2. The number of allylic oxidation sites excluding steroid dienone is 1. The summed E-state index contributed by atoms with van der Waals surface area (Å²) < 4.78 is 0.793. The minimum atomic E-state index is -0.537. The van der Waals surface area contributed by atoms with Gasteiger partial charge in [0.25, 0.3) is 11.6 Å². The van der Waals surface area contributed by atoms with E-state index in [1.807, 2.05) is 0 Å². The molecule has 0 spiro atoms. The third-order valence-corrected chi connectivity index (χ3v) is 3.90. The number of carbonyl (C=O) groups excluding carboxylic acids is 2. The van der Waals surface area contributed by atoms with E-state index in [2.05, 4.69) is 21.2 Å². The van der Waals surface area contributed by atoms with Crippen LogP contribution in [-0.4, -0.2) is 16.6 Å². The van der Waals surface area contributed by atoms with E-state index in [1.54, 1.807) is 18.2 Å². The zero-order valence-electron chi connectivity index (χ0n) is 11.6. The second kappa shape index (κ2) is 5.77. The number of nitrogens with zero attached hydrogens (tertiary/aromatic N) is 1. The highest BCUT2D eigenvalue weighted by molar-refractivity contribution is 9.10. The topological polar surface area (TPSA) is 89.3 Å². The van der Waals surface area contributed by atoms with Crippen molar-refractivity contribution in [3.63, 3.8) is 0 Å². The molecule has 0 atom stereocenters. The van der Waals surface area contributed by atoms with Crippen LogP contribution in [-0.2, 0) is 4.79 Å². The predicted octanol–water partition coefficient (Wildman–Crippen LogP) is 3.58. The van der Waals surface area contributed by atoms with E-state index in [4.69, 9.17) is 0 Å². The molecule has 1 aliphatic heterocycles. The van der Waals surface area contributed by atoms with Gasteiger partial charge < -0.3 is 5.32 Å². The first-order chi connectivity index (χ1) is 11.0. The lowest BCUT2D eigenvalue weighted by atomic mass is 10.0. The zero-order valence-corrected chi connectivity index (χ0v) is 13.2. The maximum atomic E-state index is 12.3. The van der Waals surface area contributed by atoms with Crippen LogP contribution >= 0.6 is 15.9 Å².